The average molecular weight is 334 g/mol. The Balaban J connectivity index is -0.000000264. The predicted molar refractivity (Wildman–Crippen MR) is 86.4 cm³/mol. The van der Waals surface area contributed by atoms with Crippen LogP contribution in [0, 0.1) is 11.8 Å². The summed E-state index contributed by atoms with van der Waals surface area (Å²) in [5, 5.41) is 15.7. The first-order valence-corrected chi connectivity index (χ1v) is 7.38. The number of ketones is 2. The van der Waals surface area contributed by atoms with E-state index in [0.29, 0.717) is 11.8 Å². The van der Waals surface area contributed by atoms with Gasteiger partial charge in [0.05, 0.1) is 0 Å². The molecule has 0 amide bonds. The van der Waals surface area contributed by atoms with Crippen LogP contribution in [0.3, 0.4) is 0 Å². The number of carbonyl (C=O) groups is 4. The van der Waals surface area contributed by atoms with Crippen LogP contribution < -0.4 is 0 Å². The minimum Gasteiger partial charge on any atom is -0.481 e. The van der Waals surface area contributed by atoms with Gasteiger partial charge in [-0.25, -0.2) is 0 Å². The first-order valence-electron chi connectivity index (χ1n) is 7.38. The molecule has 0 rings (SSSR count). The van der Waals surface area contributed by atoms with E-state index in [-0.39, 0.29) is 24.4 Å². The van der Waals surface area contributed by atoms with E-state index in [1.807, 2.05) is 0 Å². The Hall–Kier alpha value is -1.76. The van der Waals surface area contributed by atoms with Crippen LogP contribution in [0.15, 0.2) is 0 Å². The number of carboxylic acid groups (broad SMARTS) is 2. The van der Waals surface area contributed by atoms with E-state index in [2.05, 4.69) is 27.7 Å². The molecule has 7 nitrogen and oxygen atoms in total. The van der Waals surface area contributed by atoms with E-state index in [1.165, 1.54) is 13.8 Å². The Morgan fingerprint density at radius 1 is 0.739 bits per heavy atom. The van der Waals surface area contributed by atoms with Crippen molar-refractivity contribution in [3.05, 3.63) is 0 Å². The molecular formula is C16H30O7. The van der Waals surface area contributed by atoms with Crippen LogP contribution in [0.5, 0.6) is 0 Å². The molecule has 23 heavy (non-hydrogen) atoms. The lowest BCUT2D eigenvalue weighted by Crippen LogP contribution is -2.06. The van der Waals surface area contributed by atoms with Gasteiger partial charge in [-0.1, -0.05) is 27.7 Å². The first kappa shape index (κ1) is 26.2. The Labute approximate surface area is 138 Å². The molecule has 0 saturated carbocycles. The number of carbonyl (C=O) groups excluding carboxylic acids is 2. The Bertz CT molecular complexity index is 301. The number of hydrogen-bond donors (Lipinski definition) is 2. The van der Waals surface area contributed by atoms with Gasteiger partial charge in [-0.05, 0) is 25.7 Å². The molecule has 0 radical (unpaired) electrons. The Morgan fingerprint density at radius 3 is 1.09 bits per heavy atom. The fourth-order valence-electron chi connectivity index (χ4n) is 0.965. The topological polar surface area (TPSA) is 118 Å². The SMILES string of the molecule is CC(=O)CC(=O)O.CC(=O)CC(=O)O.CC(C)COCC(C)C. The molecule has 0 aliphatic rings. The zero-order valence-electron chi connectivity index (χ0n) is 14.9. The molecule has 0 heterocycles. The summed E-state index contributed by atoms with van der Waals surface area (Å²) in [6.07, 6.45) is -0.722. The predicted octanol–water partition coefficient (Wildman–Crippen LogP) is 2.42. The minimum atomic E-state index is -1.06. The average Bonchev–Trinajstić information content (AvgIpc) is 2.24. The monoisotopic (exact) mass is 334 g/mol. The summed E-state index contributed by atoms with van der Waals surface area (Å²) in [6, 6.07) is 0. The molecule has 0 aromatic carbocycles. The summed E-state index contributed by atoms with van der Waals surface area (Å²) in [5.41, 5.74) is 0. The summed E-state index contributed by atoms with van der Waals surface area (Å²) in [4.78, 5) is 38.9. The summed E-state index contributed by atoms with van der Waals surface area (Å²) in [7, 11) is 0. The van der Waals surface area contributed by atoms with Crippen molar-refractivity contribution >= 4 is 23.5 Å². The molecule has 0 aliphatic heterocycles. The van der Waals surface area contributed by atoms with Gasteiger partial charge in [0.1, 0.15) is 24.4 Å². The summed E-state index contributed by atoms with van der Waals surface area (Å²) in [5.74, 6) is -1.41. The first-order chi connectivity index (χ1) is 10.4. The second kappa shape index (κ2) is 16.6. The van der Waals surface area contributed by atoms with E-state index in [4.69, 9.17) is 14.9 Å². The van der Waals surface area contributed by atoms with E-state index in [0.717, 1.165) is 13.2 Å². The maximum absolute atomic E-state index is 9.87. The molecule has 0 saturated heterocycles. The molecule has 0 bridgehead atoms. The molecule has 136 valence electrons. The van der Waals surface area contributed by atoms with Gasteiger partial charge < -0.3 is 14.9 Å². The summed E-state index contributed by atoms with van der Waals surface area (Å²) < 4.78 is 5.36. The number of hydrogen-bond acceptors (Lipinski definition) is 5. The fraction of sp³-hybridized carbons (Fsp3) is 0.750. The standard InChI is InChI=1S/C8H18O.2C4H6O3/c1-7(2)5-9-6-8(3)4;2*1-3(5)2-4(6)7/h7-8H,5-6H2,1-4H3;2*2H2,1H3,(H,6,7). The maximum atomic E-state index is 9.87. The summed E-state index contributed by atoms with van der Waals surface area (Å²) >= 11 is 0. The minimum absolute atomic E-state index is 0.312. The van der Waals surface area contributed by atoms with Crippen LogP contribution in [-0.4, -0.2) is 46.9 Å². The third-order valence-electron chi connectivity index (χ3n) is 1.70. The van der Waals surface area contributed by atoms with Crippen molar-refractivity contribution in [3.63, 3.8) is 0 Å². The largest absolute Gasteiger partial charge is 0.481 e. The second-order valence-corrected chi connectivity index (χ2v) is 5.87. The second-order valence-electron chi connectivity index (χ2n) is 5.87. The van der Waals surface area contributed by atoms with Crippen molar-refractivity contribution in [1.82, 2.24) is 0 Å². The third-order valence-corrected chi connectivity index (χ3v) is 1.70. The number of rotatable bonds is 8. The normalized spacial score (nSPS) is 9.39. The molecule has 0 aliphatic carbocycles. The molecule has 0 unspecified atom stereocenters. The van der Waals surface area contributed by atoms with Gasteiger partial charge in [0, 0.05) is 13.2 Å². The lowest BCUT2D eigenvalue weighted by atomic mass is 10.2. The lowest BCUT2D eigenvalue weighted by molar-refractivity contribution is -0.141. The van der Waals surface area contributed by atoms with Crippen LogP contribution >= 0.6 is 0 Å². The van der Waals surface area contributed by atoms with Gasteiger partial charge in [0.25, 0.3) is 0 Å². The van der Waals surface area contributed by atoms with Crippen molar-refractivity contribution in [2.75, 3.05) is 13.2 Å². The van der Waals surface area contributed by atoms with Gasteiger partial charge in [-0.3, -0.25) is 19.2 Å². The maximum Gasteiger partial charge on any atom is 0.310 e. The van der Waals surface area contributed by atoms with Crippen LogP contribution in [0.25, 0.3) is 0 Å². The van der Waals surface area contributed by atoms with Gasteiger partial charge >= 0.3 is 11.9 Å². The van der Waals surface area contributed by atoms with E-state index < -0.39 is 11.9 Å². The van der Waals surface area contributed by atoms with E-state index in [9.17, 15) is 19.2 Å². The van der Waals surface area contributed by atoms with E-state index in [1.54, 1.807) is 0 Å². The van der Waals surface area contributed by atoms with Crippen molar-refractivity contribution in [1.29, 1.82) is 0 Å². The zero-order chi connectivity index (χ0) is 19.0. The van der Waals surface area contributed by atoms with Crippen molar-refractivity contribution < 1.29 is 34.1 Å². The molecule has 2 N–H and O–H groups in total. The van der Waals surface area contributed by atoms with Crippen molar-refractivity contribution in [3.8, 4) is 0 Å². The quantitative estimate of drug-likeness (QED) is 0.654. The van der Waals surface area contributed by atoms with Crippen LogP contribution in [0.2, 0.25) is 0 Å². The highest BCUT2D eigenvalue weighted by atomic mass is 16.5. The molecule has 0 aromatic heterocycles. The molecule has 0 atom stereocenters. The smallest absolute Gasteiger partial charge is 0.310 e. The Morgan fingerprint density at radius 2 is 1.00 bits per heavy atom. The number of ether oxygens (including phenoxy) is 1. The number of aliphatic carboxylic acids is 2. The highest BCUT2D eigenvalue weighted by Gasteiger charge is 1.99. The third kappa shape index (κ3) is 44.9. The lowest BCUT2D eigenvalue weighted by Gasteiger charge is -2.07. The molecule has 0 aromatic rings. The van der Waals surface area contributed by atoms with E-state index >= 15 is 0 Å². The molecule has 0 fully saturated rings. The van der Waals surface area contributed by atoms with Crippen LogP contribution in [-0.2, 0) is 23.9 Å². The van der Waals surface area contributed by atoms with Gasteiger partial charge in [0.15, 0.2) is 0 Å². The fourth-order valence-corrected chi connectivity index (χ4v) is 0.965. The molecular weight excluding hydrogens is 304 g/mol. The van der Waals surface area contributed by atoms with Crippen LogP contribution in [0.1, 0.15) is 54.4 Å². The molecule has 0 spiro atoms. The van der Waals surface area contributed by atoms with Crippen LogP contribution in [0.4, 0.5) is 0 Å². The Kier molecular flexibility index (Phi) is 18.9. The highest BCUT2D eigenvalue weighted by Crippen LogP contribution is 1.96. The van der Waals surface area contributed by atoms with Gasteiger partial charge in [0.2, 0.25) is 0 Å². The summed E-state index contributed by atoms with van der Waals surface area (Å²) in [6.45, 7) is 13.0. The van der Waals surface area contributed by atoms with Crippen molar-refractivity contribution in [2.45, 2.75) is 54.4 Å². The number of carboxylic acids is 2. The number of Topliss-reactive ketones (excluding diaryl/α,β-unsaturated/α-hetero) is 2. The van der Waals surface area contributed by atoms with Gasteiger partial charge in [-0.2, -0.15) is 0 Å². The van der Waals surface area contributed by atoms with Crippen molar-refractivity contribution in [2.24, 2.45) is 11.8 Å². The van der Waals surface area contributed by atoms with Gasteiger partial charge in [-0.15, -0.1) is 0 Å². The highest BCUT2D eigenvalue weighted by molar-refractivity contribution is 5.93. The molecule has 7 heteroatoms. The zero-order valence-corrected chi connectivity index (χ0v) is 14.9.